The second-order valence-electron chi connectivity index (χ2n) is 9.37. The average Bonchev–Trinajstić information content (AvgIpc) is 2.97. The smallest absolute Gasteiger partial charge is 0.280 e. The highest BCUT2D eigenvalue weighted by molar-refractivity contribution is 6.32. The fourth-order valence-electron chi connectivity index (χ4n) is 4.90. The van der Waals surface area contributed by atoms with Crippen molar-refractivity contribution in [3.05, 3.63) is 70.8 Å². The molecule has 160 valence electrons. The topological polar surface area (TPSA) is 35.9 Å². The maximum atomic E-state index is 13.1. The molecule has 0 spiro atoms. The van der Waals surface area contributed by atoms with Gasteiger partial charge in [-0.3, -0.25) is 4.79 Å². The third-order valence-corrected chi connectivity index (χ3v) is 6.14. The molecule has 0 aliphatic carbocycles. The molecule has 4 rings (SSSR count). The predicted molar refractivity (Wildman–Crippen MR) is 132 cm³/mol. The Morgan fingerprint density at radius 2 is 1.71 bits per heavy atom. The SMILES string of the molecule is CC1=CC(C)(C)N(C(C)C)c2cc(C)c(/C=C3/C(=O)N(c4ccccc4)N=C3C)cc21. The number of amides is 1. The molecule has 4 nitrogen and oxygen atoms in total. The van der Waals surface area contributed by atoms with Crippen molar-refractivity contribution >= 4 is 34.6 Å². The van der Waals surface area contributed by atoms with E-state index in [4.69, 9.17) is 0 Å². The van der Waals surface area contributed by atoms with Crippen LogP contribution in [0.4, 0.5) is 11.4 Å². The number of anilines is 2. The molecular formula is C27H31N3O. The van der Waals surface area contributed by atoms with Crippen LogP contribution in [0.5, 0.6) is 0 Å². The minimum Gasteiger partial charge on any atom is -0.360 e. The van der Waals surface area contributed by atoms with Gasteiger partial charge < -0.3 is 4.90 Å². The second kappa shape index (κ2) is 7.52. The van der Waals surface area contributed by atoms with Crippen molar-refractivity contribution in [3.63, 3.8) is 0 Å². The van der Waals surface area contributed by atoms with E-state index < -0.39 is 0 Å². The van der Waals surface area contributed by atoms with Crippen molar-refractivity contribution in [2.45, 2.75) is 60.0 Å². The van der Waals surface area contributed by atoms with Gasteiger partial charge in [-0.2, -0.15) is 10.1 Å². The van der Waals surface area contributed by atoms with Gasteiger partial charge in [0.15, 0.2) is 0 Å². The summed E-state index contributed by atoms with van der Waals surface area (Å²) < 4.78 is 0. The number of nitrogens with zero attached hydrogens (tertiary/aromatic N) is 3. The molecule has 31 heavy (non-hydrogen) atoms. The number of aryl methyl sites for hydroxylation is 1. The van der Waals surface area contributed by atoms with Gasteiger partial charge in [0, 0.05) is 17.3 Å². The van der Waals surface area contributed by atoms with Gasteiger partial charge >= 0.3 is 0 Å². The fourth-order valence-corrected chi connectivity index (χ4v) is 4.90. The number of carbonyl (C=O) groups is 1. The highest BCUT2D eigenvalue weighted by Gasteiger charge is 2.34. The highest BCUT2D eigenvalue weighted by atomic mass is 16.2. The Labute approximate surface area is 185 Å². The monoisotopic (exact) mass is 413 g/mol. The molecule has 0 unspecified atom stereocenters. The standard InChI is InChI=1S/C27H31N3O/c1-17(2)29-25-13-18(3)21(14-23(25)19(4)16-27(29,6)7)15-24-20(5)28-30(26(24)31)22-11-9-8-10-12-22/h8-17H,1-7H3/b24-15+. The molecule has 2 aliphatic rings. The largest absolute Gasteiger partial charge is 0.360 e. The summed E-state index contributed by atoms with van der Waals surface area (Å²) in [5, 5.41) is 6.01. The van der Waals surface area contributed by atoms with Crippen molar-refractivity contribution in [1.29, 1.82) is 0 Å². The first-order valence-corrected chi connectivity index (χ1v) is 10.9. The molecular weight excluding hydrogens is 382 g/mol. The summed E-state index contributed by atoms with van der Waals surface area (Å²) in [4.78, 5) is 15.6. The maximum absolute atomic E-state index is 13.1. The minimum absolute atomic E-state index is 0.0431. The number of para-hydroxylation sites is 1. The number of carbonyl (C=O) groups excluding carboxylic acids is 1. The molecule has 0 bridgehead atoms. The average molecular weight is 414 g/mol. The zero-order valence-corrected chi connectivity index (χ0v) is 19.5. The molecule has 2 aromatic rings. The van der Waals surface area contributed by atoms with E-state index in [1.807, 2.05) is 43.3 Å². The van der Waals surface area contributed by atoms with E-state index in [-0.39, 0.29) is 11.4 Å². The van der Waals surface area contributed by atoms with Crippen molar-refractivity contribution in [3.8, 4) is 0 Å². The van der Waals surface area contributed by atoms with E-state index in [0.717, 1.165) is 22.5 Å². The summed E-state index contributed by atoms with van der Waals surface area (Å²) >= 11 is 0. The van der Waals surface area contributed by atoms with Crippen LogP contribution in [-0.4, -0.2) is 23.2 Å². The molecule has 0 N–H and O–H groups in total. The van der Waals surface area contributed by atoms with Crippen LogP contribution in [0, 0.1) is 6.92 Å². The predicted octanol–water partition coefficient (Wildman–Crippen LogP) is 6.21. The quantitative estimate of drug-likeness (QED) is 0.561. The lowest BCUT2D eigenvalue weighted by atomic mass is 9.85. The number of hydrazone groups is 1. The summed E-state index contributed by atoms with van der Waals surface area (Å²) in [5.41, 5.74) is 8.09. The third kappa shape index (κ3) is 3.60. The van der Waals surface area contributed by atoms with Crippen molar-refractivity contribution in [2.75, 3.05) is 9.91 Å². The zero-order chi connectivity index (χ0) is 22.5. The number of benzene rings is 2. The van der Waals surface area contributed by atoms with Gasteiger partial charge in [-0.25, -0.2) is 0 Å². The van der Waals surface area contributed by atoms with Crippen LogP contribution in [0.2, 0.25) is 0 Å². The van der Waals surface area contributed by atoms with E-state index in [9.17, 15) is 4.79 Å². The first kappa shape index (κ1) is 21.1. The van der Waals surface area contributed by atoms with E-state index in [1.54, 1.807) is 0 Å². The Hall–Kier alpha value is -3.14. The van der Waals surface area contributed by atoms with Gasteiger partial charge in [0.2, 0.25) is 0 Å². The summed E-state index contributed by atoms with van der Waals surface area (Å²) in [6, 6.07) is 14.4. The van der Waals surface area contributed by atoms with Crippen LogP contribution >= 0.6 is 0 Å². The first-order chi connectivity index (χ1) is 14.6. The fraction of sp³-hybridized carbons (Fsp3) is 0.333. The van der Waals surface area contributed by atoms with E-state index >= 15 is 0 Å². The Balaban J connectivity index is 1.78. The molecule has 0 aromatic heterocycles. The van der Waals surface area contributed by atoms with Crippen LogP contribution in [0.25, 0.3) is 11.6 Å². The van der Waals surface area contributed by atoms with Gasteiger partial charge in [0.25, 0.3) is 5.91 Å². The summed E-state index contributed by atoms with van der Waals surface area (Å²) in [6.07, 6.45) is 4.33. The molecule has 2 aliphatic heterocycles. The molecule has 2 heterocycles. The van der Waals surface area contributed by atoms with Gasteiger partial charge in [-0.05, 0) is 95.5 Å². The molecule has 0 saturated carbocycles. The number of hydrogen-bond acceptors (Lipinski definition) is 3. The van der Waals surface area contributed by atoms with Crippen LogP contribution in [0.15, 0.2) is 59.2 Å². The third-order valence-electron chi connectivity index (χ3n) is 6.14. The molecule has 0 fully saturated rings. The second-order valence-corrected chi connectivity index (χ2v) is 9.37. The molecule has 0 atom stereocenters. The highest BCUT2D eigenvalue weighted by Crippen LogP contribution is 2.42. The Kier molecular flexibility index (Phi) is 5.12. The van der Waals surface area contributed by atoms with Gasteiger partial charge in [-0.15, -0.1) is 0 Å². The number of fused-ring (bicyclic) bond motifs is 1. The summed E-state index contributed by atoms with van der Waals surface area (Å²) in [6.45, 7) is 15.2. The minimum atomic E-state index is -0.0852. The Morgan fingerprint density at radius 3 is 2.35 bits per heavy atom. The van der Waals surface area contributed by atoms with E-state index in [1.165, 1.54) is 21.8 Å². The van der Waals surface area contributed by atoms with Crippen molar-refractivity contribution < 1.29 is 4.79 Å². The van der Waals surface area contributed by atoms with Crippen LogP contribution < -0.4 is 9.91 Å². The lowest BCUT2D eigenvalue weighted by molar-refractivity contribution is -0.114. The normalized spacial score (nSPS) is 19.1. The number of allylic oxidation sites excluding steroid dienone is 1. The zero-order valence-electron chi connectivity index (χ0n) is 19.5. The van der Waals surface area contributed by atoms with Crippen molar-refractivity contribution in [2.24, 2.45) is 5.10 Å². The van der Waals surface area contributed by atoms with Gasteiger partial charge in [-0.1, -0.05) is 24.3 Å². The van der Waals surface area contributed by atoms with E-state index in [0.29, 0.717) is 11.6 Å². The maximum Gasteiger partial charge on any atom is 0.280 e. The molecule has 4 heteroatoms. The lowest BCUT2D eigenvalue weighted by Gasteiger charge is -2.46. The summed E-state index contributed by atoms with van der Waals surface area (Å²) in [5.74, 6) is -0.0852. The van der Waals surface area contributed by atoms with Gasteiger partial charge in [0.05, 0.1) is 22.5 Å². The number of hydrogen-bond donors (Lipinski definition) is 0. The van der Waals surface area contributed by atoms with Crippen LogP contribution in [-0.2, 0) is 4.79 Å². The van der Waals surface area contributed by atoms with Crippen LogP contribution in [0.3, 0.4) is 0 Å². The van der Waals surface area contributed by atoms with Crippen LogP contribution in [0.1, 0.15) is 58.2 Å². The molecule has 0 saturated heterocycles. The number of rotatable bonds is 3. The van der Waals surface area contributed by atoms with Gasteiger partial charge in [0.1, 0.15) is 0 Å². The molecule has 2 aromatic carbocycles. The lowest BCUT2D eigenvalue weighted by Crippen LogP contribution is -2.49. The van der Waals surface area contributed by atoms with Crippen molar-refractivity contribution in [1.82, 2.24) is 0 Å². The van der Waals surface area contributed by atoms with E-state index in [2.05, 4.69) is 69.8 Å². The first-order valence-electron chi connectivity index (χ1n) is 10.9. The summed E-state index contributed by atoms with van der Waals surface area (Å²) in [7, 11) is 0. The molecule has 1 amide bonds. The Morgan fingerprint density at radius 1 is 1.03 bits per heavy atom. The Bertz CT molecular complexity index is 1140. The molecule has 0 radical (unpaired) electrons.